The molecule has 3 atom stereocenters. The maximum atomic E-state index is 12.4. The first kappa shape index (κ1) is 14.8. The zero-order valence-corrected chi connectivity index (χ0v) is 13.7. The summed E-state index contributed by atoms with van der Waals surface area (Å²) >= 11 is 1.59. The highest BCUT2D eigenvalue weighted by atomic mass is 32.1. The number of thiophene rings is 1. The molecule has 6 nitrogen and oxygen atoms in total. The lowest BCUT2D eigenvalue weighted by Crippen LogP contribution is -2.33. The van der Waals surface area contributed by atoms with Crippen LogP contribution in [0.1, 0.15) is 25.2 Å². The zero-order valence-electron chi connectivity index (χ0n) is 12.9. The van der Waals surface area contributed by atoms with Crippen LogP contribution >= 0.6 is 11.3 Å². The molecule has 0 aromatic carbocycles. The van der Waals surface area contributed by atoms with Gasteiger partial charge in [-0.1, -0.05) is 5.16 Å². The van der Waals surface area contributed by atoms with Gasteiger partial charge < -0.3 is 15.2 Å². The minimum Gasteiger partial charge on any atom is -0.342 e. The summed E-state index contributed by atoms with van der Waals surface area (Å²) in [6.45, 7) is 1.68. The van der Waals surface area contributed by atoms with Gasteiger partial charge in [0.05, 0.1) is 0 Å². The lowest BCUT2D eigenvalue weighted by atomic mass is 9.98. The molecule has 7 heteroatoms. The van der Waals surface area contributed by atoms with Gasteiger partial charge in [0.15, 0.2) is 0 Å². The van der Waals surface area contributed by atoms with Crippen LogP contribution < -0.4 is 5.73 Å². The lowest BCUT2D eigenvalue weighted by Gasteiger charge is -2.18. The molecule has 1 aliphatic heterocycles. The summed E-state index contributed by atoms with van der Waals surface area (Å²) < 4.78 is 5.25. The van der Waals surface area contributed by atoms with Crippen LogP contribution in [0.3, 0.4) is 0 Å². The highest BCUT2D eigenvalue weighted by molar-refractivity contribution is 7.08. The quantitative estimate of drug-likeness (QED) is 0.924. The second-order valence-corrected chi connectivity index (χ2v) is 7.27. The molecule has 2 N–H and O–H groups in total. The standard InChI is InChI=1S/C16H20N4O2S/c17-13-2-1-10-7-20(8-12(10)13)15(21)4-3-14-18-16(19-22-14)11-5-6-23-9-11/h5-6,9-10,12-13H,1-4,7-8,17H2. The summed E-state index contributed by atoms with van der Waals surface area (Å²) in [6, 6.07) is 2.22. The highest BCUT2D eigenvalue weighted by Gasteiger charge is 2.42. The van der Waals surface area contributed by atoms with Gasteiger partial charge in [0.25, 0.3) is 0 Å². The van der Waals surface area contributed by atoms with Crippen LogP contribution in [-0.4, -0.2) is 40.1 Å². The first-order valence-electron chi connectivity index (χ1n) is 8.09. The third-order valence-electron chi connectivity index (χ3n) is 5.07. The van der Waals surface area contributed by atoms with Crippen molar-refractivity contribution in [2.75, 3.05) is 13.1 Å². The fourth-order valence-corrected chi connectivity index (χ4v) is 4.38. The van der Waals surface area contributed by atoms with Crippen LogP contribution in [0.4, 0.5) is 0 Å². The Morgan fingerprint density at radius 2 is 2.35 bits per heavy atom. The second-order valence-electron chi connectivity index (χ2n) is 6.49. The molecule has 1 saturated heterocycles. The Balaban J connectivity index is 1.32. The highest BCUT2D eigenvalue weighted by Crippen LogP contribution is 2.37. The Hall–Kier alpha value is -1.73. The largest absolute Gasteiger partial charge is 0.342 e. The third-order valence-corrected chi connectivity index (χ3v) is 5.75. The number of carbonyl (C=O) groups is 1. The maximum Gasteiger partial charge on any atom is 0.227 e. The number of nitrogens with zero attached hydrogens (tertiary/aromatic N) is 3. The lowest BCUT2D eigenvalue weighted by molar-refractivity contribution is -0.130. The molecular formula is C16H20N4O2S. The number of fused-ring (bicyclic) bond motifs is 1. The van der Waals surface area contributed by atoms with Crippen molar-refractivity contribution in [3.05, 3.63) is 22.7 Å². The Morgan fingerprint density at radius 1 is 1.43 bits per heavy atom. The van der Waals surface area contributed by atoms with Crippen molar-refractivity contribution in [3.8, 4) is 11.4 Å². The zero-order chi connectivity index (χ0) is 15.8. The van der Waals surface area contributed by atoms with E-state index in [0.717, 1.165) is 31.5 Å². The van der Waals surface area contributed by atoms with Gasteiger partial charge in [-0.15, -0.1) is 0 Å². The molecule has 1 saturated carbocycles. The van der Waals surface area contributed by atoms with Crippen molar-refractivity contribution < 1.29 is 9.32 Å². The van der Waals surface area contributed by atoms with Crippen LogP contribution in [0.15, 0.2) is 21.3 Å². The van der Waals surface area contributed by atoms with Gasteiger partial charge in [-0.25, -0.2) is 0 Å². The van der Waals surface area contributed by atoms with E-state index < -0.39 is 0 Å². The van der Waals surface area contributed by atoms with Gasteiger partial charge in [-0.05, 0) is 36.1 Å². The minimum absolute atomic E-state index is 0.168. The molecule has 1 aliphatic carbocycles. The molecule has 0 spiro atoms. The van der Waals surface area contributed by atoms with Gasteiger partial charge in [-0.3, -0.25) is 4.79 Å². The van der Waals surface area contributed by atoms with Crippen molar-refractivity contribution in [1.29, 1.82) is 0 Å². The van der Waals surface area contributed by atoms with Crippen LogP contribution in [0.25, 0.3) is 11.4 Å². The van der Waals surface area contributed by atoms with Crippen molar-refractivity contribution in [2.24, 2.45) is 17.6 Å². The Morgan fingerprint density at radius 3 is 3.13 bits per heavy atom. The van der Waals surface area contributed by atoms with Gasteiger partial charge in [0.2, 0.25) is 17.6 Å². The molecule has 2 fully saturated rings. The Bertz CT molecular complexity index is 684. The summed E-state index contributed by atoms with van der Waals surface area (Å²) in [5.74, 6) is 2.38. The van der Waals surface area contributed by atoms with E-state index in [-0.39, 0.29) is 11.9 Å². The van der Waals surface area contributed by atoms with E-state index in [1.807, 2.05) is 21.7 Å². The fraction of sp³-hybridized carbons (Fsp3) is 0.562. The van der Waals surface area contributed by atoms with Crippen molar-refractivity contribution >= 4 is 17.2 Å². The predicted octanol–water partition coefficient (Wildman–Crippen LogP) is 1.93. The molecule has 3 unspecified atom stereocenters. The molecular weight excluding hydrogens is 312 g/mol. The van der Waals surface area contributed by atoms with Crippen molar-refractivity contribution in [2.45, 2.75) is 31.7 Å². The number of carbonyl (C=O) groups excluding carboxylic acids is 1. The van der Waals surface area contributed by atoms with E-state index in [1.165, 1.54) is 0 Å². The molecule has 2 aromatic rings. The number of aromatic nitrogens is 2. The summed E-state index contributed by atoms with van der Waals surface area (Å²) in [6.07, 6.45) is 3.17. The number of likely N-dealkylation sites (tertiary alicyclic amines) is 1. The monoisotopic (exact) mass is 332 g/mol. The molecule has 4 rings (SSSR count). The molecule has 2 aliphatic rings. The molecule has 23 heavy (non-hydrogen) atoms. The summed E-state index contributed by atoms with van der Waals surface area (Å²) in [5.41, 5.74) is 7.08. The normalized spacial score (nSPS) is 26.7. The van der Waals surface area contributed by atoms with Crippen LogP contribution in [-0.2, 0) is 11.2 Å². The van der Waals surface area contributed by atoms with E-state index in [2.05, 4.69) is 10.1 Å². The topological polar surface area (TPSA) is 85.2 Å². The Labute approximate surface area is 138 Å². The number of hydrogen-bond acceptors (Lipinski definition) is 6. The molecule has 0 bridgehead atoms. The first-order chi connectivity index (χ1) is 11.2. The number of amides is 1. The van der Waals surface area contributed by atoms with Crippen LogP contribution in [0, 0.1) is 11.8 Å². The smallest absolute Gasteiger partial charge is 0.227 e. The number of hydrogen-bond donors (Lipinski definition) is 1. The van der Waals surface area contributed by atoms with E-state index in [0.29, 0.717) is 36.4 Å². The minimum atomic E-state index is 0.168. The van der Waals surface area contributed by atoms with Gasteiger partial charge in [-0.2, -0.15) is 16.3 Å². The SMILES string of the molecule is NC1CCC2CN(C(=O)CCc3nc(-c4ccsc4)no3)CC12. The fourth-order valence-electron chi connectivity index (χ4n) is 3.75. The average molecular weight is 332 g/mol. The van der Waals surface area contributed by atoms with E-state index in [4.69, 9.17) is 10.3 Å². The second kappa shape index (κ2) is 6.05. The number of rotatable bonds is 4. The molecule has 122 valence electrons. The first-order valence-corrected chi connectivity index (χ1v) is 9.03. The summed E-state index contributed by atoms with van der Waals surface area (Å²) in [5, 5.41) is 7.92. The Kier molecular flexibility index (Phi) is 3.90. The van der Waals surface area contributed by atoms with E-state index >= 15 is 0 Å². The van der Waals surface area contributed by atoms with Gasteiger partial charge in [0.1, 0.15) is 0 Å². The van der Waals surface area contributed by atoms with Crippen molar-refractivity contribution in [1.82, 2.24) is 15.0 Å². The summed E-state index contributed by atoms with van der Waals surface area (Å²) in [4.78, 5) is 18.7. The van der Waals surface area contributed by atoms with E-state index in [1.54, 1.807) is 11.3 Å². The molecule has 0 radical (unpaired) electrons. The molecule has 1 amide bonds. The number of aryl methyl sites for hydroxylation is 1. The van der Waals surface area contributed by atoms with Crippen molar-refractivity contribution in [3.63, 3.8) is 0 Å². The average Bonchev–Trinajstić information content (AvgIpc) is 3.31. The van der Waals surface area contributed by atoms with E-state index in [9.17, 15) is 4.79 Å². The molecule has 2 aromatic heterocycles. The van der Waals surface area contributed by atoms with Gasteiger partial charge in [0, 0.05) is 42.9 Å². The molecule has 3 heterocycles. The summed E-state index contributed by atoms with van der Waals surface area (Å²) in [7, 11) is 0. The predicted molar refractivity (Wildman–Crippen MR) is 86.7 cm³/mol. The maximum absolute atomic E-state index is 12.4. The number of nitrogens with two attached hydrogens (primary N) is 1. The van der Waals surface area contributed by atoms with Crippen LogP contribution in [0.5, 0.6) is 0 Å². The third kappa shape index (κ3) is 2.90. The van der Waals surface area contributed by atoms with Crippen LogP contribution in [0.2, 0.25) is 0 Å². The van der Waals surface area contributed by atoms with Gasteiger partial charge >= 0.3 is 0 Å².